The number of carboxylic acid groups (broad SMARTS) is 1. The smallest absolute Gasteiger partial charge is 0.325 e. The van der Waals surface area contributed by atoms with Crippen molar-refractivity contribution in [2.75, 3.05) is 5.75 Å². The lowest BCUT2D eigenvalue weighted by molar-refractivity contribution is -0.140. The Hall–Kier alpha value is -1.49. The van der Waals surface area contributed by atoms with Crippen LogP contribution in [0.25, 0.3) is 0 Å². The summed E-state index contributed by atoms with van der Waals surface area (Å²) in [6.07, 6.45) is 0. The van der Waals surface area contributed by atoms with Gasteiger partial charge in [0.2, 0.25) is 5.91 Å². The predicted octanol–water partition coefficient (Wildman–Crippen LogP) is 1.98. The molecule has 1 rings (SSSR count). The molecule has 1 amide bonds. The van der Waals surface area contributed by atoms with Gasteiger partial charge in [-0.2, -0.15) is 0 Å². The molecule has 2 N–H and O–H groups in total. The fourth-order valence-electron chi connectivity index (χ4n) is 1.45. The molecule has 0 heterocycles. The van der Waals surface area contributed by atoms with Gasteiger partial charge in [0, 0.05) is 4.90 Å². The van der Waals surface area contributed by atoms with E-state index in [-0.39, 0.29) is 11.7 Å². The van der Waals surface area contributed by atoms with Gasteiger partial charge in [-0.05, 0) is 32.4 Å². The van der Waals surface area contributed by atoms with Crippen LogP contribution in [-0.2, 0) is 9.59 Å². The van der Waals surface area contributed by atoms with E-state index in [1.165, 1.54) is 24.2 Å². The number of carboxylic acids is 1. The molecular formula is C13H17NO3S. The Balaban J connectivity index is 2.50. The van der Waals surface area contributed by atoms with Gasteiger partial charge < -0.3 is 10.4 Å². The number of aliphatic carboxylic acids is 1. The molecule has 1 aromatic carbocycles. The van der Waals surface area contributed by atoms with E-state index in [0.717, 1.165) is 10.5 Å². The van der Waals surface area contributed by atoms with Crippen LogP contribution >= 0.6 is 11.8 Å². The van der Waals surface area contributed by atoms with Crippen LogP contribution in [0.3, 0.4) is 0 Å². The lowest BCUT2D eigenvalue weighted by Gasteiger charge is -2.10. The minimum Gasteiger partial charge on any atom is -0.480 e. The maximum atomic E-state index is 11.5. The molecule has 1 atom stereocenters. The molecule has 98 valence electrons. The molecule has 0 fully saturated rings. The average molecular weight is 267 g/mol. The van der Waals surface area contributed by atoms with Crippen LogP contribution in [0.2, 0.25) is 0 Å². The largest absolute Gasteiger partial charge is 0.480 e. The summed E-state index contributed by atoms with van der Waals surface area (Å²) >= 11 is 1.41. The minimum absolute atomic E-state index is 0.224. The van der Waals surface area contributed by atoms with E-state index >= 15 is 0 Å². The van der Waals surface area contributed by atoms with Crippen LogP contribution in [0.5, 0.6) is 0 Å². The normalized spacial score (nSPS) is 11.9. The molecule has 0 spiro atoms. The molecule has 0 bridgehead atoms. The highest BCUT2D eigenvalue weighted by atomic mass is 32.2. The summed E-state index contributed by atoms with van der Waals surface area (Å²) in [4.78, 5) is 23.1. The van der Waals surface area contributed by atoms with E-state index in [2.05, 4.69) is 11.4 Å². The van der Waals surface area contributed by atoms with Crippen molar-refractivity contribution in [3.63, 3.8) is 0 Å². The fraction of sp³-hybridized carbons (Fsp3) is 0.385. The number of carbonyl (C=O) groups excluding carboxylic acids is 1. The second kappa shape index (κ2) is 6.44. The van der Waals surface area contributed by atoms with Gasteiger partial charge in [0.05, 0.1) is 5.75 Å². The summed E-state index contributed by atoms with van der Waals surface area (Å²) in [5.74, 6) is -1.07. The molecule has 1 aromatic rings. The van der Waals surface area contributed by atoms with Crippen molar-refractivity contribution in [3.8, 4) is 0 Å². The maximum absolute atomic E-state index is 11.5. The minimum atomic E-state index is -1.03. The topological polar surface area (TPSA) is 66.4 Å². The van der Waals surface area contributed by atoms with E-state index in [9.17, 15) is 9.59 Å². The van der Waals surface area contributed by atoms with Crippen molar-refractivity contribution < 1.29 is 14.7 Å². The first-order valence-electron chi connectivity index (χ1n) is 5.62. The van der Waals surface area contributed by atoms with E-state index < -0.39 is 12.0 Å². The third-order valence-corrected chi connectivity index (χ3v) is 3.61. The molecule has 0 aliphatic carbocycles. The summed E-state index contributed by atoms with van der Waals surface area (Å²) in [5, 5.41) is 11.1. The zero-order valence-corrected chi connectivity index (χ0v) is 11.5. The lowest BCUT2D eigenvalue weighted by Crippen LogP contribution is -2.39. The van der Waals surface area contributed by atoms with Gasteiger partial charge in [0.25, 0.3) is 0 Å². The van der Waals surface area contributed by atoms with Crippen molar-refractivity contribution in [3.05, 3.63) is 29.3 Å². The third kappa shape index (κ3) is 4.41. The number of nitrogens with one attached hydrogen (secondary N) is 1. The molecule has 0 saturated heterocycles. The summed E-state index contributed by atoms with van der Waals surface area (Å²) in [7, 11) is 0. The van der Waals surface area contributed by atoms with Crippen molar-refractivity contribution >= 4 is 23.6 Å². The molecule has 0 aromatic heterocycles. The highest BCUT2D eigenvalue weighted by molar-refractivity contribution is 8.00. The van der Waals surface area contributed by atoms with Crippen molar-refractivity contribution in [2.45, 2.75) is 31.7 Å². The van der Waals surface area contributed by atoms with E-state index in [4.69, 9.17) is 5.11 Å². The molecule has 0 unspecified atom stereocenters. The van der Waals surface area contributed by atoms with E-state index in [1.807, 2.05) is 26.0 Å². The summed E-state index contributed by atoms with van der Waals surface area (Å²) in [6, 6.07) is 5.17. The van der Waals surface area contributed by atoms with Gasteiger partial charge in [-0.15, -0.1) is 11.8 Å². The second-order valence-corrected chi connectivity index (χ2v) is 5.20. The van der Waals surface area contributed by atoms with Gasteiger partial charge in [-0.1, -0.05) is 17.7 Å². The van der Waals surface area contributed by atoms with Gasteiger partial charge in [-0.3, -0.25) is 9.59 Å². The van der Waals surface area contributed by atoms with Crippen LogP contribution < -0.4 is 5.32 Å². The van der Waals surface area contributed by atoms with Crippen LogP contribution in [0.15, 0.2) is 23.1 Å². The number of carbonyl (C=O) groups is 2. The Morgan fingerprint density at radius 2 is 2.06 bits per heavy atom. The molecule has 0 radical (unpaired) electrons. The Labute approximate surface area is 111 Å². The standard InChI is InChI=1S/C13H17NO3S/c1-8-4-5-11(9(2)6-8)18-7-12(15)14-10(3)13(16)17/h4-6,10H,7H2,1-3H3,(H,14,15)(H,16,17)/t10-/m0/s1. The second-order valence-electron chi connectivity index (χ2n) is 4.19. The first-order valence-corrected chi connectivity index (χ1v) is 6.61. The zero-order valence-electron chi connectivity index (χ0n) is 10.7. The lowest BCUT2D eigenvalue weighted by atomic mass is 10.2. The van der Waals surface area contributed by atoms with Gasteiger partial charge in [0.1, 0.15) is 6.04 Å². The average Bonchev–Trinajstić information content (AvgIpc) is 2.27. The van der Waals surface area contributed by atoms with Crippen molar-refractivity contribution in [2.24, 2.45) is 0 Å². The van der Waals surface area contributed by atoms with Crippen LogP contribution in [0, 0.1) is 13.8 Å². The monoisotopic (exact) mass is 267 g/mol. The summed E-state index contributed by atoms with van der Waals surface area (Å²) in [5.41, 5.74) is 2.31. The number of benzene rings is 1. The Morgan fingerprint density at radius 1 is 1.39 bits per heavy atom. The van der Waals surface area contributed by atoms with Crippen LogP contribution in [0.4, 0.5) is 0 Å². The number of hydrogen-bond donors (Lipinski definition) is 2. The Kier molecular flexibility index (Phi) is 5.22. The zero-order chi connectivity index (χ0) is 13.7. The molecule has 4 nitrogen and oxygen atoms in total. The number of aryl methyl sites for hydroxylation is 2. The first-order chi connectivity index (χ1) is 8.40. The third-order valence-electron chi connectivity index (χ3n) is 2.44. The number of rotatable bonds is 5. The SMILES string of the molecule is Cc1ccc(SCC(=O)N[C@@H](C)C(=O)O)c(C)c1. The maximum Gasteiger partial charge on any atom is 0.325 e. The first kappa shape index (κ1) is 14.6. The van der Waals surface area contributed by atoms with Crippen molar-refractivity contribution in [1.29, 1.82) is 0 Å². The van der Waals surface area contributed by atoms with Crippen molar-refractivity contribution in [1.82, 2.24) is 5.32 Å². The molecule has 5 heteroatoms. The highest BCUT2D eigenvalue weighted by Gasteiger charge is 2.14. The summed E-state index contributed by atoms with van der Waals surface area (Å²) in [6.45, 7) is 5.46. The summed E-state index contributed by atoms with van der Waals surface area (Å²) < 4.78 is 0. The molecule has 18 heavy (non-hydrogen) atoms. The highest BCUT2D eigenvalue weighted by Crippen LogP contribution is 2.22. The van der Waals surface area contributed by atoms with Gasteiger partial charge in [0.15, 0.2) is 0 Å². The van der Waals surface area contributed by atoms with Gasteiger partial charge in [-0.25, -0.2) is 0 Å². The van der Waals surface area contributed by atoms with E-state index in [0.29, 0.717) is 0 Å². The Bertz CT molecular complexity index is 460. The number of thioether (sulfide) groups is 1. The Morgan fingerprint density at radius 3 is 2.61 bits per heavy atom. The number of amides is 1. The molecule has 0 aliphatic heterocycles. The van der Waals surface area contributed by atoms with E-state index in [1.54, 1.807) is 0 Å². The van der Waals surface area contributed by atoms with Crippen LogP contribution in [0.1, 0.15) is 18.1 Å². The van der Waals surface area contributed by atoms with Gasteiger partial charge >= 0.3 is 5.97 Å². The number of hydrogen-bond acceptors (Lipinski definition) is 3. The molecule has 0 aliphatic rings. The molecule has 0 saturated carbocycles. The quantitative estimate of drug-likeness (QED) is 0.801. The predicted molar refractivity (Wildman–Crippen MR) is 71.9 cm³/mol. The molecular weight excluding hydrogens is 250 g/mol. The van der Waals surface area contributed by atoms with Crippen LogP contribution in [-0.4, -0.2) is 28.8 Å². The fourth-order valence-corrected chi connectivity index (χ4v) is 2.27.